The molecular formula is C28H41NO4Si. The van der Waals surface area contributed by atoms with Gasteiger partial charge in [-0.15, -0.1) is 0 Å². The van der Waals surface area contributed by atoms with Crippen molar-refractivity contribution >= 4 is 14.4 Å². The smallest absolute Gasteiger partial charge is 0.410 e. The molecule has 0 aromatic heterocycles. The van der Waals surface area contributed by atoms with Crippen LogP contribution in [-0.4, -0.2) is 48.8 Å². The summed E-state index contributed by atoms with van der Waals surface area (Å²) in [6.07, 6.45) is 1.95. The van der Waals surface area contributed by atoms with E-state index in [9.17, 15) is 9.90 Å². The molecule has 0 unspecified atom stereocenters. The predicted molar refractivity (Wildman–Crippen MR) is 139 cm³/mol. The largest absolute Gasteiger partial charge is 0.444 e. The van der Waals surface area contributed by atoms with Crippen molar-refractivity contribution in [3.63, 3.8) is 0 Å². The summed E-state index contributed by atoms with van der Waals surface area (Å²) in [4.78, 5) is 15.4. The number of amides is 1. The van der Waals surface area contributed by atoms with E-state index in [1.54, 1.807) is 0 Å². The normalized spacial score (nSPS) is 22.3. The highest BCUT2D eigenvalue weighted by Crippen LogP contribution is 2.49. The van der Waals surface area contributed by atoms with Crippen molar-refractivity contribution in [3.8, 4) is 0 Å². The zero-order valence-corrected chi connectivity index (χ0v) is 22.6. The maximum Gasteiger partial charge on any atom is 0.410 e. The maximum atomic E-state index is 13.5. The van der Waals surface area contributed by atoms with Gasteiger partial charge in [0.25, 0.3) is 0 Å². The molecule has 186 valence electrons. The standard InChI is InChI=1S/C28H41NO4Si/c1-27(2,3)32-26(31)29-19-13-18-28(33-34(4,5)6,25(29)23-16-11-8-12-17-23)20-24(21-30)22-14-9-7-10-15-22/h7-12,14-17,24-25,30H,13,18-21H2,1-6H3/t24-,25-,28+/m1/s1. The molecule has 0 saturated carbocycles. The highest BCUT2D eigenvalue weighted by atomic mass is 28.4. The summed E-state index contributed by atoms with van der Waals surface area (Å²) in [5.41, 5.74) is 0.903. The zero-order chi connectivity index (χ0) is 25.0. The topological polar surface area (TPSA) is 59.0 Å². The minimum absolute atomic E-state index is 0.0226. The van der Waals surface area contributed by atoms with Crippen LogP contribution < -0.4 is 0 Å². The third-order valence-electron chi connectivity index (χ3n) is 6.15. The molecule has 0 aliphatic carbocycles. The van der Waals surface area contributed by atoms with E-state index in [2.05, 4.69) is 43.9 Å². The number of aliphatic hydroxyl groups is 1. The number of piperidine rings is 1. The second-order valence-corrected chi connectivity index (χ2v) is 15.8. The van der Waals surface area contributed by atoms with Gasteiger partial charge in [0.2, 0.25) is 0 Å². The first kappa shape index (κ1) is 26.5. The molecule has 2 aromatic carbocycles. The number of hydrogen-bond donors (Lipinski definition) is 1. The Morgan fingerprint density at radius 3 is 2.21 bits per heavy atom. The van der Waals surface area contributed by atoms with Crippen LogP contribution in [0.2, 0.25) is 19.6 Å². The molecule has 1 amide bonds. The van der Waals surface area contributed by atoms with Crippen LogP contribution in [0.3, 0.4) is 0 Å². The van der Waals surface area contributed by atoms with Crippen LogP contribution in [0.25, 0.3) is 0 Å². The molecule has 1 heterocycles. The van der Waals surface area contributed by atoms with Crippen LogP contribution in [0.15, 0.2) is 60.7 Å². The van der Waals surface area contributed by atoms with Crippen LogP contribution in [0.5, 0.6) is 0 Å². The summed E-state index contributed by atoms with van der Waals surface area (Å²) in [5, 5.41) is 10.5. The molecule has 1 aliphatic rings. The average molecular weight is 484 g/mol. The molecule has 3 rings (SSSR count). The number of benzene rings is 2. The fraction of sp³-hybridized carbons (Fsp3) is 0.536. The number of hydrogen-bond acceptors (Lipinski definition) is 4. The Labute approximate surface area is 206 Å². The van der Waals surface area contributed by atoms with Crippen LogP contribution in [0.4, 0.5) is 4.79 Å². The average Bonchev–Trinajstić information content (AvgIpc) is 2.76. The van der Waals surface area contributed by atoms with E-state index >= 15 is 0 Å². The number of ether oxygens (including phenoxy) is 1. The van der Waals surface area contributed by atoms with E-state index in [-0.39, 0.29) is 24.7 Å². The second kappa shape index (κ2) is 10.6. The summed E-state index contributed by atoms with van der Waals surface area (Å²) < 4.78 is 12.9. The van der Waals surface area contributed by atoms with Crippen molar-refractivity contribution < 1.29 is 19.1 Å². The minimum atomic E-state index is -2.04. The Morgan fingerprint density at radius 2 is 1.68 bits per heavy atom. The summed E-state index contributed by atoms with van der Waals surface area (Å²) in [6, 6.07) is 20.0. The van der Waals surface area contributed by atoms with Gasteiger partial charge >= 0.3 is 6.09 Å². The third-order valence-corrected chi connectivity index (χ3v) is 7.16. The summed E-state index contributed by atoms with van der Waals surface area (Å²) in [5.74, 6) is -0.0950. The predicted octanol–water partition coefficient (Wildman–Crippen LogP) is 6.52. The van der Waals surface area contributed by atoms with E-state index in [1.807, 2.05) is 62.1 Å². The molecule has 2 aromatic rings. The van der Waals surface area contributed by atoms with Gasteiger partial charge in [0, 0.05) is 12.5 Å². The summed E-state index contributed by atoms with van der Waals surface area (Å²) in [6.45, 7) is 12.9. The number of likely N-dealkylation sites (tertiary alicyclic amines) is 1. The van der Waals surface area contributed by atoms with Gasteiger partial charge in [0.05, 0.1) is 18.2 Å². The molecule has 34 heavy (non-hydrogen) atoms. The molecule has 6 heteroatoms. The molecular weight excluding hydrogens is 442 g/mol. The van der Waals surface area contributed by atoms with E-state index in [4.69, 9.17) is 9.16 Å². The fourth-order valence-corrected chi connectivity index (χ4v) is 6.65. The Balaban J connectivity index is 2.12. The third kappa shape index (κ3) is 6.71. The highest BCUT2D eigenvalue weighted by Gasteiger charge is 2.51. The lowest BCUT2D eigenvalue weighted by molar-refractivity contribution is -0.0840. The second-order valence-electron chi connectivity index (χ2n) is 11.4. The van der Waals surface area contributed by atoms with E-state index < -0.39 is 19.5 Å². The fourth-order valence-electron chi connectivity index (χ4n) is 5.14. The number of rotatable bonds is 7. The molecule has 3 atom stereocenters. The van der Waals surface area contributed by atoms with Crippen molar-refractivity contribution in [3.05, 3.63) is 71.8 Å². The molecule has 1 N–H and O–H groups in total. The Kier molecular flexibility index (Phi) is 8.27. The van der Waals surface area contributed by atoms with Gasteiger partial charge in [-0.05, 0) is 70.8 Å². The first-order valence-electron chi connectivity index (χ1n) is 12.3. The van der Waals surface area contributed by atoms with Crippen molar-refractivity contribution in [1.29, 1.82) is 0 Å². The molecule has 1 fully saturated rings. The first-order valence-corrected chi connectivity index (χ1v) is 15.8. The van der Waals surface area contributed by atoms with Crippen molar-refractivity contribution in [2.75, 3.05) is 13.2 Å². The van der Waals surface area contributed by atoms with E-state index in [1.165, 1.54) is 0 Å². The monoisotopic (exact) mass is 483 g/mol. The SMILES string of the molecule is CC(C)(C)OC(=O)N1CCC[C@@](C[C@H](CO)c2ccccc2)(O[Si](C)(C)C)[C@H]1c1ccccc1. The molecule has 0 spiro atoms. The lowest BCUT2D eigenvalue weighted by atomic mass is 9.74. The van der Waals surface area contributed by atoms with E-state index in [0.717, 1.165) is 24.0 Å². The Morgan fingerprint density at radius 1 is 1.09 bits per heavy atom. The van der Waals surface area contributed by atoms with Gasteiger partial charge in [-0.3, -0.25) is 4.90 Å². The first-order chi connectivity index (χ1) is 15.9. The molecule has 0 bridgehead atoms. The maximum absolute atomic E-state index is 13.5. The van der Waals surface area contributed by atoms with Crippen molar-refractivity contribution in [2.45, 2.75) is 82.8 Å². The number of carbonyl (C=O) groups excluding carboxylic acids is 1. The van der Waals surface area contributed by atoms with Crippen molar-refractivity contribution in [2.24, 2.45) is 0 Å². The Hall–Kier alpha value is -2.15. The number of carbonyl (C=O) groups is 1. The molecule has 1 aliphatic heterocycles. The van der Waals surface area contributed by atoms with Gasteiger partial charge in [-0.1, -0.05) is 60.7 Å². The molecule has 1 saturated heterocycles. The molecule has 0 radical (unpaired) electrons. The minimum Gasteiger partial charge on any atom is -0.444 e. The number of aliphatic hydroxyl groups excluding tert-OH is 1. The molecule has 5 nitrogen and oxygen atoms in total. The highest BCUT2D eigenvalue weighted by molar-refractivity contribution is 6.69. The van der Waals surface area contributed by atoms with Gasteiger partial charge in [-0.2, -0.15) is 0 Å². The van der Waals surface area contributed by atoms with Crippen LogP contribution in [0, 0.1) is 0 Å². The van der Waals surface area contributed by atoms with Crippen molar-refractivity contribution in [1.82, 2.24) is 4.90 Å². The van der Waals surface area contributed by atoms with Crippen LogP contribution in [-0.2, 0) is 9.16 Å². The zero-order valence-electron chi connectivity index (χ0n) is 21.6. The lowest BCUT2D eigenvalue weighted by Crippen LogP contribution is -2.58. The van der Waals surface area contributed by atoms with E-state index in [0.29, 0.717) is 13.0 Å². The summed E-state index contributed by atoms with van der Waals surface area (Å²) in [7, 11) is -2.04. The van der Waals surface area contributed by atoms with Gasteiger partial charge in [0.15, 0.2) is 8.32 Å². The van der Waals surface area contributed by atoms with Gasteiger partial charge in [0.1, 0.15) is 5.60 Å². The van der Waals surface area contributed by atoms with Crippen LogP contribution in [0.1, 0.15) is 63.1 Å². The van der Waals surface area contributed by atoms with Gasteiger partial charge < -0.3 is 14.3 Å². The lowest BCUT2D eigenvalue weighted by Gasteiger charge is -2.53. The quantitative estimate of drug-likeness (QED) is 0.456. The van der Waals surface area contributed by atoms with Crippen LogP contribution >= 0.6 is 0 Å². The summed E-state index contributed by atoms with van der Waals surface area (Å²) >= 11 is 0. The Bertz CT molecular complexity index is 923. The van der Waals surface area contributed by atoms with Gasteiger partial charge in [-0.25, -0.2) is 4.79 Å². The number of nitrogens with zero attached hydrogens (tertiary/aromatic N) is 1.